The van der Waals surface area contributed by atoms with Crippen molar-refractivity contribution < 1.29 is 9.53 Å². The minimum Gasteiger partial charge on any atom is -0.374 e. The monoisotopic (exact) mass is 306 g/mol. The third-order valence-electron chi connectivity index (χ3n) is 2.72. The number of carbonyl (C=O) groups excluding carboxylic acids is 1. The lowest BCUT2D eigenvalue weighted by Crippen LogP contribution is -2.48. The van der Waals surface area contributed by atoms with Crippen LogP contribution < -0.4 is 11.1 Å². The van der Waals surface area contributed by atoms with Gasteiger partial charge in [-0.25, -0.2) is 4.98 Å². The highest BCUT2D eigenvalue weighted by Crippen LogP contribution is 2.14. The SMILES string of the molecule is Cc1csc(NC(=O)CN2CCOC(CN)C2)n1.Cl. The van der Waals surface area contributed by atoms with Crippen LogP contribution in [0, 0.1) is 6.92 Å². The van der Waals surface area contributed by atoms with Crippen LogP contribution in [0.2, 0.25) is 0 Å². The van der Waals surface area contributed by atoms with Crippen molar-refractivity contribution in [1.29, 1.82) is 0 Å². The van der Waals surface area contributed by atoms with Crippen LogP contribution in [-0.4, -0.2) is 54.7 Å². The molecule has 1 aliphatic heterocycles. The molecular formula is C11H19ClN4O2S. The van der Waals surface area contributed by atoms with Crippen molar-refractivity contribution in [2.75, 3.05) is 38.1 Å². The van der Waals surface area contributed by atoms with Gasteiger partial charge in [-0.3, -0.25) is 9.69 Å². The molecule has 0 radical (unpaired) electrons. The van der Waals surface area contributed by atoms with E-state index in [2.05, 4.69) is 15.2 Å². The Hall–Kier alpha value is -0.730. The average molecular weight is 307 g/mol. The van der Waals surface area contributed by atoms with Crippen LogP contribution in [0.1, 0.15) is 5.69 Å². The van der Waals surface area contributed by atoms with Crippen molar-refractivity contribution in [3.63, 3.8) is 0 Å². The molecule has 8 heteroatoms. The Balaban J connectivity index is 0.00000180. The number of thiazole rings is 1. The maximum Gasteiger partial charge on any atom is 0.240 e. The number of halogens is 1. The number of aromatic nitrogens is 1. The molecule has 1 atom stereocenters. The zero-order valence-corrected chi connectivity index (χ0v) is 12.4. The van der Waals surface area contributed by atoms with Crippen LogP contribution in [0.15, 0.2) is 5.38 Å². The standard InChI is InChI=1S/C11H18N4O2S.ClH/c1-8-7-18-11(13-8)14-10(16)6-15-2-3-17-9(4-12)5-15;/h7,9H,2-6,12H2,1H3,(H,13,14,16);1H. The Labute approximate surface area is 122 Å². The summed E-state index contributed by atoms with van der Waals surface area (Å²) in [5, 5.41) is 5.36. The van der Waals surface area contributed by atoms with Crippen LogP contribution >= 0.6 is 23.7 Å². The van der Waals surface area contributed by atoms with E-state index >= 15 is 0 Å². The van der Waals surface area contributed by atoms with Crippen molar-refractivity contribution in [2.24, 2.45) is 5.73 Å². The number of morpholine rings is 1. The first-order chi connectivity index (χ1) is 8.67. The molecule has 2 rings (SSSR count). The lowest BCUT2D eigenvalue weighted by atomic mass is 10.2. The Bertz CT molecular complexity index is 415. The van der Waals surface area contributed by atoms with Crippen molar-refractivity contribution >= 4 is 34.8 Å². The summed E-state index contributed by atoms with van der Waals surface area (Å²) in [7, 11) is 0. The Morgan fingerprint density at radius 1 is 1.74 bits per heavy atom. The molecule has 1 aromatic heterocycles. The largest absolute Gasteiger partial charge is 0.374 e. The second-order valence-corrected chi connectivity index (χ2v) is 5.16. The molecule has 1 amide bonds. The van der Waals surface area contributed by atoms with E-state index in [4.69, 9.17) is 10.5 Å². The van der Waals surface area contributed by atoms with Gasteiger partial charge < -0.3 is 15.8 Å². The summed E-state index contributed by atoms with van der Waals surface area (Å²) in [6, 6.07) is 0. The zero-order valence-electron chi connectivity index (χ0n) is 10.8. The second kappa shape index (κ2) is 7.76. The van der Waals surface area contributed by atoms with Crippen LogP contribution in [0.5, 0.6) is 0 Å². The highest BCUT2D eigenvalue weighted by atomic mass is 35.5. The van der Waals surface area contributed by atoms with E-state index in [9.17, 15) is 4.79 Å². The number of nitrogens with two attached hydrogens (primary N) is 1. The number of rotatable bonds is 4. The minimum atomic E-state index is -0.0398. The van der Waals surface area contributed by atoms with Gasteiger partial charge in [0.1, 0.15) is 0 Å². The van der Waals surface area contributed by atoms with Crippen molar-refractivity contribution in [1.82, 2.24) is 9.88 Å². The number of ether oxygens (including phenoxy) is 1. The maximum atomic E-state index is 11.8. The van der Waals surface area contributed by atoms with Gasteiger partial charge in [0, 0.05) is 25.0 Å². The third-order valence-corrected chi connectivity index (χ3v) is 3.59. The van der Waals surface area contributed by atoms with Crippen LogP contribution in [0.4, 0.5) is 5.13 Å². The summed E-state index contributed by atoms with van der Waals surface area (Å²) in [5.41, 5.74) is 6.48. The highest BCUT2D eigenvalue weighted by molar-refractivity contribution is 7.13. The number of hydrogen-bond donors (Lipinski definition) is 2. The van der Waals surface area contributed by atoms with E-state index in [0.29, 0.717) is 31.4 Å². The van der Waals surface area contributed by atoms with Gasteiger partial charge in [0.25, 0.3) is 0 Å². The summed E-state index contributed by atoms with van der Waals surface area (Å²) in [6.07, 6.45) is 0.0358. The van der Waals surface area contributed by atoms with E-state index in [0.717, 1.165) is 12.2 Å². The summed E-state index contributed by atoms with van der Waals surface area (Å²) >= 11 is 1.44. The normalized spacial score (nSPS) is 19.8. The van der Waals surface area contributed by atoms with Gasteiger partial charge in [0.15, 0.2) is 5.13 Å². The molecule has 1 aliphatic rings. The molecule has 0 aliphatic carbocycles. The molecule has 108 valence electrons. The van der Waals surface area contributed by atoms with Crippen LogP contribution in [0.25, 0.3) is 0 Å². The first kappa shape index (κ1) is 16.3. The van der Waals surface area contributed by atoms with Gasteiger partial charge in [-0.15, -0.1) is 23.7 Å². The number of hydrogen-bond acceptors (Lipinski definition) is 6. The number of amides is 1. The molecule has 2 heterocycles. The number of anilines is 1. The predicted molar refractivity (Wildman–Crippen MR) is 78.0 cm³/mol. The molecule has 3 N–H and O–H groups in total. The Morgan fingerprint density at radius 3 is 3.16 bits per heavy atom. The molecule has 0 aromatic carbocycles. The topological polar surface area (TPSA) is 80.5 Å². The second-order valence-electron chi connectivity index (χ2n) is 4.31. The van der Waals surface area contributed by atoms with Gasteiger partial charge >= 0.3 is 0 Å². The van der Waals surface area contributed by atoms with Gasteiger partial charge in [-0.05, 0) is 6.92 Å². The summed E-state index contributed by atoms with van der Waals surface area (Å²) in [4.78, 5) is 18.1. The van der Waals surface area contributed by atoms with E-state index in [-0.39, 0.29) is 24.4 Å². The molecule has 19 heavy (non-hydrogen) atoms. The van der Waals surface area contributed by atoms with Gasteiger partial charge in [0.05, 0.1) is 24.9 Å². The molecule has 1 fully saturated rings. The number of nitrogens with zero attached hydrogens (tertiary/aromatic N) is 2. The fourth-order valence-electron chi connectivity index (χ4n) is 1.84. The predicted octanol–water partition coefficient (Wildman–Crippen LogP) is 0.471. The van der Waals surface area contributed by atoms with E-state index < -0.39 is 0 Å². The Kier molecular flexibility index (Phi) is 6.67. The van der Waals surface area contributed by atoms with Gasteiger partial charge in [0.2, 0.25) is 5.91 Å². The lowest BCUT2D eigenvalue weighted by molar-refractivity contribution is -0.119. The molecule has 6 nitrogen and oxygen atoms in total. The van der Waals surface area contributed by atoms with E-state index in [1.165, 1.54) is 11.3 Å². The molecule has 0 spiro atoms. The van der Waals surface area contributed by atoms with E-state index in [1.807, 2.05) is 12.3 Å². The maximum absolute atomic E-state index is 11.8. The summed E-state index contributed by atoms with van der Waals surface area (Å²) < 4.78 is 5.45. The smallest absolute Gasteiger partial charge is 0.240 e. The molecular weight excluding hydrogens is 288 g/mol. The molecule has 1 saturated heterocycles. The quantitative estimate of drug-likeness (QED) is 0.845. The number of nitrogens with one attached hydrogen (secondary N) is 1. The molecule has 0 bridgehead atoms. The van der Waals surface area contributed by atoms with Crippen molar-refractivity contribution in [2.45, 2.75) is 13.0 Å². The van der Waals surface area contributed by atoms with Gasteiger partial charge in [-0.1, -0.05) is 0 Å². The van der Waals surface area contributed by atoms with Crippen LogP contribution in [-0.2, 0) is 9.53 Å². The van der Waals surface area contributed by atoms with Crippen LogP contribution in [0.3, 0.4) is 0 Å². The number of carbonyl (C=O) groups is 1. The van der Waals surface area contributed by atoms with Crippen molar-refractivity contribution in [3.05, 3.63) is 11.1 Å². The summed E-state index contributed by atoms with van der Waals surface area (Å²) in [6.45, 7) is 4.86. The number of aryl methyl sites for hydroxylation is 1. The van der Waals surface area contributed by atoms with Crippen molar-refractivity contribution in [3.8, 4) is 0 Å². The molecule has 1 unspecified atom stereocenters. The summed E-state index contributed by atoms with van der Waals surface area (Å²) in [5.74, 6) is -0.0398. The fraction of sp³-hybridized carbons (Fsp3) is 0.636. The zero-order chi connectivity index (χ0) is 13.0. The lowest BCUT2D eigenvalue weighted by Gasteiger charge is -2.31. The first-order valence-electron chi connectivity index (χ1n) is 5.93. The van der Waals surface area contributed by atoms with E-state index in [1.54, 1.807) is 0 Å². The average Bonchev–Trinajstić information content (AvgIpc) is 2.74. The van der Waals surface area contributed by atoms with Gasteiger partial charge in [-0.2, -0.15) is 0 Å². The minimum absolute atomic E-state index is 0. The highest BCUT2D eigenvalue weighted by Gasteiger charge is 2.21. The third kappa shape index (κ3) is 5.04. The Morgan fingerprint density at radius 2 is 2.53 bits per heavy atom. The first-order valence-corrected chi connectivity index (χ1v) is 6.81. The molecule has 1 aromatic rings. The molecule has 0 saturated carbocycles. The fourth-order valence-corrected chi connectivity index (χ4v) is 2.54.